The average molecular weight is 291 g/mol. The van der Waals surface area contributed by atoms with Gasteiger partial charge in [-0.25, -0.2) is 4.90 Å². The van der Waals surface area contributed by atoms with Crippen molar-refractivity contribution in [2.24, 2.45) is 0 Å². The fourth-order valence-corrected chi connectivity index (χ4v) is 2.59. The van der Waals surface area contributed by atoms with Gasteiger partial charge in [-0.1, -0.05) is 90.4 Å². The number of unbranched alkanes of at least 4 members (excludes halogenated alkanes) is 13. The average Bonchev–Trinajstić information content (AvgIpc) is 2.51. The van der Waals surface area contributed by atoms with Crippen LogP contribution in [0.4, 0.5) is 0 Å². The Morgan fingerprint density at radius 3 is 1.24 bits per heavy atom. The van der Waals surface area contributed by atoms with Gasteiger partial charge in [-0.2, -0.15) is 10.5 Å². The van der Waals surface area contributed by atoms with Gasteiger partial charge in [0.25, 0.3) is 0 Å². The molecule has 0 aliphatic carbocycles. The maximum Gasteiger partial charge on any atom is 0.193 e. The number of rotatable bonds is 15. The van der Waals surface area contributed by atoms with Crippen molar-refractivity contribution < 1.29 is 0 Å². The van der Waals surface area contributed by atoms with Gasteiger partial charge >= 0.3 is 0 Å². The lowest BCUT2D eigenvalue weighted by Gasteiger charge is -2.05. The summed E-state index contributed by atoms with van der Waals surface area (Å²) in [5, 5.41) is 17.2. The lowest BCUT2D eigenvalue weighted by Crippen LogP contribution is -2.11. The van der Waals surface area contributed by atoms with Crippen LogP contribution in [-0.2, 0) is 0 Å². The largest absolute Gasteiger partial charge is 0.216 e. The van der Waals surface area contributed by atoms with Crippen molar-refractivity contribution in [2.75, 3.05) is 6.54 Å². The predicted molar refractivity (Wildman–Crippen MR) is 88.2 cm³/mol. The van der Waals surface area contributed by atoms with Gasteiger partial charge in [-0.3, -0.25) is 0 Å². The Bertz CT molecular complexity index is 274. The first-order chi connectivity index (χ1) is 10.3. The molecule has 0 radical (unpaired) electrons. The van der Waals surface area contributed by atoms with Crippen LogP contribution >= 0.6 is 0 Å². The van der Waals surface area contributed by atoms with E-state index in [9.17, 15) is 0 Å². The lowest BCUT2D eigenvalue weighted by atomic mass is 10.0. The van der Waals surface area contributed by atoms with E-state index >= 15 is 0 Å². The van der Waals surface area contributed by atoms with E-state index in [4.69, 9.17) is 10.5 Å². The standard InChI is InChI=1S/C18H33N3/c1-2-3-4-5-6-7-8-9-10-11-12-13-14-15-16-21(17-19)18-20/h2-16H2,1H3. The van der Waals surface area contributed by atoms with E-state index in [0.29, 0.717) is 6.54 Å². The van der Waals surface area contributed by atoms with Crippen molar-refractivity contribution in [1.29, 1.82) is 10.5 Å². The first-order valence-electron chi connectivity index (χ1n) is 8.92. The molecule has 0 aliphatic heterocycles. The molecule has 0 unspecified atom stereocenters. The number of nitrogens with zero attached hydrogens (tertiary/aromatic N) is 3. The highest BCUT2D eigenvalue weighted by Gasteiger charge is 1.98. The Morgan fingerprint density at radius 2 is 0.905 bits per heavy atom. The van der Waals surface area contributed by atoms with Gasteiger partial charge < -0.3 is 0 Å². The summed E-state index contributed by atoms with van der Waals surface area (Å²) in [6, 6.07) is 0. The highest BCUT2D eigenvalue weighted by Crippen LogP contribution is 2.12. The van der Waals surface area contributed by atoms with Crippen LogP contribution in [0.2, 0.25) is 0 Å². The Morgan fingerprint density at radius 1 is 0.571 bits per heavy atom. The second kappa shape index (κ2) is 16.8. The number of nitriles is 2. The topological polar surface area (TPSA) is 50.8 Å². The molecule has 0 fully saturated rings. The summed E-state index contributed by atoms with van der Waals surface area (Å²) in [5.74, 6) is 0. The minimum absolute atomic E-state index is 0.588. The van der Waals surface area contributed by atoms with Gasteiger partial charge in [-0.15, -0.1) is 0 Å². The van der Waals surface area contributed by atoms with E-state index in [-0.39, 0.29) is 0 Å². The summed E-state index contributed by atoms with van der Waals surface area (Å²) < 4.78 is 0. The molecule has 0 aromatic carbocycles. The minimum atomic E-state index is 0.588. The van der Waals surface area contributed by atoms with Crippen molar-refractivity contribution in [1.82, 2.24) is 4.90 Å². The normalized spacial score (nSPS) is 10.0. The predicted octanol–water partition coefficient (Wildman–Crippen LogP) is 5.73. The summed E-state index contributed by atoms with van der Waals surface area (Å²) in [7, 11) is 0. The zero-order valence-electron chi connectivity index (χ0n) is 13.9. The molecule has 3 nitrogen and oxygen atoms in total. The summed E-state index contributed by atoms with van der Waals surface area (Å²) in [6.45, 7) is 2.86. The molecule has 0 saturated heterocycles. The fourth-order valence-electron chi connectivity index (χ4n) is 2.59. The molecule has 0 spiro atoms. The summed E-state index contributed by atoms with van der Waals surface area (Å²) in [5.41, 5.74) is 0. The summed E-state index contributed by atoms with van der Waals surface area (Å²) in [6.07, 6.45) is 22.3. The maximum absolute atomic E-state index is 8.58. The van der Waals surface area contributed by atoms with E-state index in [1.165, 1.54) is 77.0 Å². The number of hydrogen-bond donors (Lipinski definition) is 0. The highest BCUT2D eigenvalue weighted by atomic mass is 15.1. The van der Waals surface area contributed by atoms with Crippen LogP contribution in [-0.4, -0.2) is 11.4 Å². The van der Waals surface area contributed by atoms with Crippen molar-refractivity contribution in [3.05, 3.63) is 0 Å². The third-order valence-corrected chi connectivity index (χ3v) is 3.98. The molecule has 120 valence electrons. The zero-order chi connectivity index (χ0) is 15.6. The zero-order valence-corrected chi connectivity index (χ0v) is 13.9. The molecule has 0 saturated carbocycles. The SMILES string of the molecule is CCCCCCCCCCCCCCCCN(C#N)C#N. The van der Waals surface area contributed by atoms with Gasteiger partial charge in [0, 0.05) is 6.54 Å². The van der Waals surface area contributed by atoms with Crippen molar-refractivity contribution in [3.63, 3.8) is 0 Å². The molecule has 0 aromatic rings. The molecule has 0 heterocycles. The quantitative estimate of drug-likeness (QED) is 0.220. The van der Waals surface area contributed by atoms with Crippen molar-refractivity contribution in [3.8, 4) is 12.4 Å². The van der Waals surface area contributed by atoms with Gasteiger partial charge in [0.2, 0.25) is 0 Å². The molecule has 0 aliphatic rings. The molecule has 21 heavy (non-hydrogen) atoms. The fraction of sp³-hybridized carbons (Fsp3) is 0.889. The second-order valence-electron chi connectivity index (χ2n) is 5.95. The first kappa shape index (κ1) is 19.8. The van der Waals surface area contributed by atoms with E-state index < -0.39 is 0 Å². The van der Waals surface area contributed by atoms with Gasteiger partial charge in [0.1, 0.15) is 0 Å². The molecule has 3 heteroatoms. The monoisotopic (exact) mass is 291 g/mol. The molecular weight excluding hydrogens is 258 g/mol. The summed E-state index contributed by atoms with van der Waals surface area (Å²) >= 11 is 0. The lowest BCUT2D eigenvalue weighted by molar-refractivity contribution is 0.486. The molecule has 0 bridgehead atoms. The Labute approximate surface area is 131 Å². The minimum Gasteiger partial charge on any atom is -0.216 e. The maximum atomic E-state index is 8.58. The van der Waals surface area contributed by atoms with Gasteiger partial charge in [-0.05, 0) is 6.42 Å². The smallest absolute Gasteiger partial charge is 0.193 e. The molecule has 0 aromatic heterocycles. The highest BCUT2D eigenvalue weighted by molar-refractivity contribution is 4.85. The Balaban J connectivity index is 3.06. The van der Waals surface area contributed by atoms with Crippen LogP contribution < -0.4 is 0 Å². The third-order valence-electron chi connectivity index (χ3n) is 3.98. The van der Waals surface area contributed by atoms with Crippen LogP contribution in [0.15, 0.2) is 0 Å². The van der Waals surface area contributed by atoms with Crippen LogP contribution in [0.25, 0.3) is 0 Å². The van der Waals surface area contributed by atoms with E-state index in [0.717, 1.165) is 17.7 Å². The van der Waals surface area contributed by atoms with Gasteiger partial charge in [0.05, 0.1) is 0 Å². The van der Waals surface area contributed by atoms with E-state index in [1.54, 1.807) is 0 Å². The van der Waals surface area contributed by atoms with E-state index in [1.807, 2.05) is 12.4 Å². The van der Waals surface area contributed by atoms with Crippen LogP contribution in [0, 0.1) is 22.9 Å². The summed E-state index contributed by atoms with van der Waals surface area (Å²) in [4.78, 5) is 1.15. The Hall–Kier alpha value is -1.22. The van der Waals surface area contributed by atoms with Gasteiger partial charge in [0.15, 0.2) is 12.4 Å². The van der Waals surface area contributed by atoms with E-state index in [2.05, 4.69) is 6.92 Å². The molecule has 0 amide bonds. The van der Waals surface area contributed by atoms with Crippen LogP contribution in [0.1, 0.15) is 96.8 Å². The van der Waals surface area contributed by atoms with Crippen LogP contribution in [0.3, 0.4) is 0 Å². The van der Waals surface area contributed by atoms with Crippen LogP contribution in [0.5, 0.6) is 0 Å². The molecule has 0 N–H and O–H groups in total. The number of hydrogen-bond acceptors (Lipinski definition) is 3. The second-order valence-corrected chi connectivity index (χ2v) is 5.95. The third kappa shape index (κ3) is 15.0. The molecule has 0 rings (SSSR count). The first-order valence-corrected chi connectivity index (χ1v) is 8.92. The van der Waals surface area contributed by atoms with Crippen molar-refractivity contribution >= 4 is 0 Å². The molecule has 0 atom stereocenters. The van der Waals surface area contributed by atoms with Crippen molar-refractivity contribution in [2.45, 2.75) is 96.8 Å². The molecular formula is C18H33N3. The Kier molecular flexibility index (Phi) is 15.9.